The summed E-state index contributed by atoms with van der Waals surface area (Å²) in [5.41, 5.74) is 2.22. The fourth-order valence-electron chi connectivity index (χ4n) is 5.81. The van der Waals surface area contributed by atoms with Crippen molar-refractivity contribution in [2.45, 2.75) is 43.7 Å². The highest BCUT2D eigenvalue weighted by atomic mass is 35.5. The number of fused-ring (bicyclic) bond motifs is 2. The maximum atomic E-state index is 14.1. The number of ether oxygens (including phenoxy) is 1. The lowest BCUT2D eigenvalue weighted by molar-refractivity contribution is -0.132. The van der Waals surface area contributed by atoms with Crippen molar-refractivity contribution < 1.29 is 18.7 Å². The topological polar surface area (TPSA) is 61.9 Å². The molecular formula is C31H31Cl3FN3O3. The lowest BCUT2D eigenvalue weighted by Gasteiger charge is -2.44. The number of likely N-dealkylation sites (N-methyl/N-ethyl adjacent to an activating group) is 1. The summed E-state index contributed by atoms with van der Waals surface area (Å²) in [5, 5.41) is 4.15. The van der Waals surface area contributed by atoms with Crippen molar-refractivity contribution in [3.05, 3.63) is 98.2 Å². The lowest BCUT2D eigenvalue weighted by Crippen LogP contribution is -2.48. The van der Waals surface area contributed by atoms with E-state index in [-0.39, 0.29) is 11.7 Å². The molecule has 0 saturated carbocycles. The maximum absolute atomic E-state index is 14.1. The van der Waals surface area contributed by atoms with Gasteiger partial charge < -0.3 is 14.5 Å². The summed E-state index contributed by atoms with van der Waals surface area (Å²) in [7, 11) is 1.79. The van der Waals surface area contributed by atoms with Crippen LogP contribution in [0.3, 0.4) is 0 Å². The first-order chi connectivity index (χ1) is 19.6. The maximum Gasteiger partial charge on any atom is 0.412 e. The summed E-state index contributed by atoms with van der Waals surface area (Å²) in [6.07, 6.45) is 2.00. The number of anilines is 1. The summed E-state index contributed by atoms with van der Waals surface area (Å²) in [4.78, 5) is 30.0. The van der Waals surface area contributed by atoms with E-state index in [9.17, 15) is 14.0 Å². The highest BCUT2D eigenvalue weighted by molar-refractivity contribution is 6.42. The average Bonchev–Trinajstić information content (AvgIpc) is 2.94. The number of hydrogen-bond donors (Lipinski definition) is 1. The minimum Gasteiger partial charge on any atom is -0.438 e. The molecule has 2 amide bonds. The van der Waals surface area contributed by atoms with Crippen LogP contribution in [-0.4, -0.2) is 48.5 Å². The fraction of sp³-hybridized carbons (Fsp3) is 0.355. The third-order valence-electron chi connectivity index (χ3n) is 7.96. The Bertz CT molecular complexity index is 1450. The Balaban J connectivity index is 1.24. The van der Waals surface area contributed by atoms with Crippen LogP contribution in [0.1, 0.15) is 48.3 Å². The van der Waals surface area contributed by atoms with Gasteiger partial charge in [0.15, 0.2) is 0 Å². The van der Waals surface area contributed by atoms with Crippen LogP contribution >= 0.6 is 34.8 Å². The number of nitrogens with zero attached hydrogens (tertiary/aromatic N) is 2. The zero-order chi connectivity index (χ0) is 29.1. The van der Waals surface area contributed by atoms with Crippen LogP contribution in [-0.2, 0) is 21.7 Å². The van der Waals surface area contributed by atoms with Gasteiger partial charge in [-0.25, -0.2) is 9.18 Å². The molecule has 2 aliphatic rings. The summed E-state index contributed by atoms with van der Waals surface area (Å²) in [5.74, 6) is -0.768. The lowest BCUT2D eigenvalue weighted by atomic mass is 9.82. The molecule has 0 bridgehead atoms. The molecule has 1 unspecified atom stereocenters. The molecule has 0 radical (unpaired) electrons. The number of likely N-dealkylation sites (tertiary alicyclic amines) is 1. The van der Waals surface area contributed by atoms with E-state index in [1.165, 1.54) is 12.1 Å². The van der Waals surface area contributed by atoms with Gasteiger partial charge in [0.05, 0.1) is 21.7 Å². The van der Waals surface area contributed by atoms with Crippen molar-refractivity contribution in [2.75, 3.05) is 32.0 Å². The van der Waals surface area contributed by atoms with Crippen molar-refractivity contribution in [3.63, 3.8) is 0 Å². The van der Waals surface area contributed by atoms with E-state index in [1.54, 1.807) is 36.2 Å². The fourth-order valence-corrected chi connectivity index (χ4v) is 6.33. The minimum absolute atomic E-state index is 0.0128. The van der Waals surface area contributed by atoms with Gasteiger partial charge in [0.1, 0.15) is 11.4 Å². The predicted molar refractivity (Wildman–Crippen MR) is 160 cm³/mol. The van der Waals surface area contributed by atoms with E-state index in [2.05, 4.69) is 10.2 Å². The number of piperidine rings is 1. The Kier molecular flexibility index (Phi) is 9.09. The summed E-state index contributed by atoms with van der Waals surface area (Å²) in [6, 6.07) is 17.2. The highest BCUT2D eigenvalue weighted by Crippen LogP contribution is 2.44. The second-order valence-electron chi connectivity index (χ2n) is 10.7. The minimum atomic E-state index is -0.835. The highest BCUT2D eigenvalue weighted by Gasteiger charge is 2.44. The van der Waals surface area contributed by atoms with Crippen LogP contribution in [0.5, 0.6) is 0 Å². The first-order valence-corrected chi connectivity index (χ1v) is 14.7. The van der Waals surface area contributed by atoms with Crippen LogP contribution in [0.4, 0.5) is 14.9 Å². The first-order valence-electron chi connectivity index (χ1n) is 13.6. The van der Waals surface area contributed by atoms with E-state index in [0.29, 0.717) is 65.2 Å². The van der Waals surface area contributed by atoms with Gasteiger partial charge in [0, 0.05) is 50.1 Å². The van der Waals surface area contributed by atoms with Crippen molar-refractivity contribution in [3.8, 4) is 0 Å². The molecule has 5 rings (SSSR count). The smallest absolute Gasteiger partial charge is 0.412 e. The molecule has 0 aliphatic carbocycles. The van der Waals surface area contributed by atoms with E-state index in [1.807, 2.05) is 24.3 Å². The molecule has 1 atom stereocenters. The number of halogens is 4. The molecule has 216 valence electrons. The second-order valence-corrected chi connectivity index (χ2v) is 12.0. The normalized spacial score (nSPS) is 17.0. The predicted octanol–water partition coefficient (Wildman–Crippen LogP) is 7.86. The van der Waals surface area contributed by atoms with Crippen molar-refractivity contribution in [2.24, 2.45) is 0 Å². The Morgan fingerprint density at radius 2 is 1.85 bits per heavy atom. The van der Waals surface area contributed by atoms with E-state index < -0.39 is 17.6 Å². The van der Waals surface area contributed by atoms with Crippen LogP contribution in [0, 0.1) is 5.82 Å². The molecular weight excluding hydrogens is 588 g/mol. The van der Waals surface area contributed by atoms with Crippen LogP contribution in [0.2, 0.25) is 15.1 Å². The Hall–Kier alpha value is -2.84. The third kappa shape index (κ3) is 6.81. The standard InChI is InChI=1S/C31H31Cl3FN3O3/c1-37(19-20-4-2-5-22(32)16-20)29(39)24(21-7-9-26(33)27(34)17-21)6-3-13-38-14-11-31(12-15-38)25-18-23(35)8-10-28(25)36-30(40)41-31/h2,4-5,7-10,16-18,24H,3,6,11-15,19H2,1H3,(H,36,40). The molecule has 2 heterocycles. The Labute approximate surface area is 254 Å². The van der Waals surface area contributed by atoms with Gasteiger partial charge in [-0.05, 0) is 73.0 Å². The monoisotopic (exact) mass is 617 g/mol. The number of hydrogen-bond acceptors (Lipinski definition) is 4. The molecule has 1 fully saturated rings. The van der Waals surface area contributed by atoms with Gasteiger partial charge in [-0.1, -0.05) is 53.0 Å². The van der Waals surface area contributed by atoms with E-state index in [0.717, 1.165) is 24.1 Å². The van der Waals surface area contributed by atoms with Gasteiger partial charge in [-0.2, -0.15) is 0 Å². The number of nitrogens with one attached hydrogen (secondary N) is 1. The number of amides is 2. The van der Waals surface area contributed by atoms with Gasteiger partial charge in [-0.15, -0.1) is 0 Å². The van der Waals surface area contributed by atoms with Gasteiger partial charge >= 0.3 is 6.09 Å². The van der Waals surface area contributed by atoms with Crippen molar-refractivity contribution in [1.82, 2.24) is 9.80 Å². The molecule has 1 N–H and O–H groups in total. The average molecular weight is 619 g/mol. The second kappa shape index (κ2) is 12.6. The summed E-state index contributed by atoms with van der Waals surface area (Å²) < 4.78 is 19.8. The van der Waals surface area contributed by atoms with Gasteiger partial charge in [0.25, 0.3) is 0 Å². The molecule has 3 aromatic carbocycles. The summed E-state index contributed by atoms with van der Waals surface area (Å²) >= 11 is 18.6. The number of benzene rings is 3. The number of carbonyl (C=O) groups excluding carboxylic acids is 2. The quantitative estimate of drug-likeness (QED) is 0.279. The van der Waals surface area contributed by atoms with Crippen molar-refractivity contribution in [1.29, 1.82) is 0 Å². The number of rotatable bonds is 8. The van der Waals surface area contributed by atoms with Crippen LogP contribution in [0.25, 0.3) is 0 Å². The van der Waals surface area contributed by atoms with Gasteiger partial charge in [0.2, 0.25) is 5.91 Å². The first kappa shape index (κ1) is 29.6. The van der Waals surface area contributed by atoms with Crippen molar-refractivity contribution >= 4 is 52.5 Å². The Morgan fingerprint density at radius 1 is 1.07 bits per heavy atom. The van der Waals surface area contributed by atoms with Crippen LogP contribution in [0.15, 0.2) is 60.7 Å². The molecule has 6 nitrogen and oxygen atoms in total. The largest absolute Gasteiger partial charge is 0.438 e. The van der Waals surface area contributed by atoms with Crippen LogP contribution < -0.4 is 5.32 Å². The van der Waals surface area contributed by atoms with Gasteiger partial charge in [-0.3, -0.25) is 10.1 Å². The molecule has 2 aliphatic heterocycles. The zero-order valence-electron chi connectivity index (χ0n) is 22.6. The molecule has 0 aromatic heterocycles. The molecule has 1 saturated heterocycles. The summed E-state index contributed by atoms with van der Waals surface area (Å²) in [6.45, 7) is 2.56. The van der Waals surface area contributed by atoms with E-state index >= 15 is 0 Å². The molecule has 3 aromatic rings. The molecule has 10 heteroatoms. The van der Waals surface area contributed by atoms with E-state index in [4.69, 9.17) is 39.5 Å². The molecule has 41 heavy (non-hydrogen) atoms. The molecule has 1 spiro atoms. The number of carbonyl (C=O) groups is 2. The Morgan fingerprint density at radius 3 is 2.59 bits per heavy atom. The SMILES string of the molecule is CN(Cc1cccc(Cl)c1)C(=O)C(CCCN1CCC2(CC1)OC(=O)Nc1ccc(F)cc12)c1ccc(Cl)c(Cl)c1. The third-order valence-corrected chi connectivity index (χ3v) is 8.93. The zero-order valence-corrected chi connectivity index (χ0v) is 24.9.